The van der Waals surface area contributed by atoms with Gasteiger partial charge >= 0.3 is 5.97 Å². The lowest BCUT2D eigenvalue weighted by molar-refractivity contribution is 0.0595. The van der Waals surface area contributed by atoms with Gasteiger partial charge in [-0.3, -0.25) is 0 Å². The third kappa shape index (κ3) is 2.93. The minimum Gasteiger partial charge on any atom is -0.464 e. The monoisotopic (exact) mass is 302 g/mol. The van der Waals surface area contributed by atoms with Crippen molar-refractivity contribution in [2.45, 2.75) is 0 Å². The predicted molar refractivity (Wildman–Crippen MR) is 73.2 cm³/mol. The highest BCUT2D eigenvalue weighted by Crippen LogP contribution is 2.28. The third-order valence-corrected chi connectivity index (χ3v) is 3.57. The average Bonchev–Trinajstić information content (AvgIpc) is 2.81. The fourth-order valence-corrected chi connectivity index (χ4v) is 2.22. The van der Waals surface area contributed by atoms with Crippen molar-refractivity contribution in [1.29, 1.82) is 0 Å². The van der Waals surface area contributed by atoms with Crippen LogP contribution in [0.3, 0.4) is 0 Å². The van der Waals surface area contributed by atoms with Crippen LogP contribution in [-0.4, -0.2) is 18.1 Å². The molecule has 0 aliphatic heterocycles. The van der Waals surface area contributed by atoms with Crippen LogP contribution in [-0.2, 0) is 4.74 Å². The predicted octanol–water partition coefficient (Wildman–Crippen LogP) is 3.98. The summed E-state index contributed by atoms with van der Waals surface area (Å²) in [6.07, 6.45) is 0. The Hall–Kier alpha value is -1.30. The highest BCUT2D eigenvalue weighted by Gasteiger charge is 2.10. The van der Waals surface area contributed by atoms with Crippen molar-refractivity contribution in [1.82, 2.24) is 4.98 Å². The average molecular weight is 303 g/mol. The van der Waals surface area contributed by atoms with Gasteiger partial charge in [0.2, 0.25) is 0 Å². The minimum absolute atomic E-state index is 0.269. The third-order valence-electron chi connectivity index (χ3n) is 2.07. The number of esters is 1. The second-order valence-electron chi connectivity index (χ2n) is 3.28. The first-order valence-corrected chi connectivity index (χ1v) is 6.49. The number of hydrogen-bond donors (Lipinski definition) is 1. The van der Waals surface area contributed by atoms with Gasteiger partial charge in [0.1, 0.15) is 0 Å². The van der Waals surface area contributed by atoms with Gasteiger partial charge in [-0.05, 0) is 18.2 Å². The fraction of sp³-hybridized carbons (Fsp3) is 0.0909. The van der Waals surface area contributed by atoms with Gasteiger partial charge in [-0.2, -0.15) is 0 Å². The Labute approximate surface area is 118 Å². The maximum atomic E-state index is 11.2. The van der Waals surface area contributed by atoms with Crippen LogP contribution in [0.5, 0.6) is 0 Å². The summed E-state index contributed by atoms with van der Waals surface area (Å²) < 4.78 is 4.57. The van der Waals surface area contributed by atoms with Crippen molar-refractivity contribution in [2.75, 3.05) is 12.4 Å². The lowest BCUT2D eigenvalue weighted by Crippen LogP contribution is -2.01. The van der Waals surface area contributed by atoms with E-state index in [1.165, 1.54) is 18.4 Å². The Morgan fingerprint density at radius 1 is 1.39 bits per heavy atom. The molecule has 0 atom stereocenters. The van der Waals surface area contributed by atoms with Gasteiger partial charge < -0.3 is 10.1 Å². The van der Waals surface area contributed by atoms with Gasteiger partial charge in [0.15, 0.2) is 10.8 Å². The van der Waals surface area contributed by atoms with E-state index in [0.717, 1.165) is 5.69 Å². The number of anilines is 2. The summed E-state index contributed by atoms with van der Waals surface area (Å²) >= 11 is 13.0. The van der Waals surface area contributed by atoms with E-state index < -0.39 is 5.97 Å². The summed E-state index contributed by atoms with van der Waals surface area (Å²) in [5.74, 6) is -0.464. The first-order valence-electron chi connectivity index (χ1n) is 4.86. The second-order valence-corrected chi connectivity index (χ2v) is 4.96. The molecule has 18 heavy (non-hydrogen) atoms. The summed E-state index contributed by atoms with van der Waals surface area (Å²) in [5.41, 5.74) is 1.01. The molecule has 0 unspecified atom stereocenters. The number of aromatic nitrogens is 1. The molecule has 0 saturated heterocycles. The molecule has 0 aliphatic carbocycles. The lowest BCUT2D eigenvalue weighted by Gasteiger charge is -2.03. The number of methoxy groups -OCH3 is 1. The Balaban J connectivity index is 2.16. The largest absolute Gasteiger partial charge is 0.464 e. The Bertz CT molecular complexity index is 586. The number of halogens is 2. The number of nitrogens with one attached hydrogen (secondary N) is 1. The summed E-state index contributed by atoms with van der Waals surface area (Å²) in [7, 11) is 1.31. The van der Waals surface area contributed by atoms with Gasteiger partial charge in [-0.25, -0.2) is 9.78 Å². The molecule has 0 bridgehead atoms. The van der Waals surface area contributed by atoms with Crippen LogP contribution in [0.4, 0.5) is 10.8 Å². The number of ether oxygens (including phenoxy) is 1. The van der Waals surface area contributed by atoms with Crippen molar-refractivity contribution in [2.24, 2.45) is 0 Å². The molecular weight excluding hydrogens is 295 g/mol. The van der Waals surface area contributed by atoms with E-state index in [-0.39, 0.29) is 5.69 Å². The zero-order valence-corrected chi connectivity index (χ0v) is 11.6. The quantitative estimate of drug-likeness (QED) is 0.871. The summed E-state index contributed by atoms with van der Waals surface area (Å²) in [6.45, 7) is 0. The highest BCUT2D eigenvalue weighted by molar-refractivity contribution is 7.14. The zero-order chi connectivity index (χ0) is 13.1. The Morgan fingerprint density at radius 2 is 2.17 bits per heavy atom. The molecule has 0 spiro atoms. The topological polar surface area (TPSA) is 51.2 Å². The van der Waals surface area contributed by atoms with E-state index in [1.54, 1.807) is 23.6 Å². The van der Waals surface area contributed by atoms with Gasteiger partial charge in [0.25, 0.3) is 0 Å². The van der Waals surface area contributed by atoms with Crippen LogP contribution in [0, 0.1) is 0 Å². The summed E-state index contributed by atoms with van der Waals surface area (Å²) in [4.78, 5) is 15.3. The zero-order valence-electron chi connectivity index (χ0n) is 9.24. The van der Waals surface area contributed by atoms with Gasteiger partial charge in [-0.15, -0.1) is 11.3 Å². The second kappa shape index (κ2) is 5.56. The van der Waals surface area contributed by atoms with E-state index in [2.05, 4.69) is 15.0 Å². The van der Waals surface area contributed by atoms with Gasteiger partial charge in [0.05, 0.1) is 17.2 Å². The minimum atomic E-state index is -0.464. The Kier molecular flexibility index (Phi) is 4.06. The molecule has 1 N–H and O–H groups in total. The molecule has 1 aromatic heterocycles. The molecule has 7 heteroatoms. The van der Waals surface area contributed by atoms with Crippen molar-refractivity contribution >= 4 is 51.3 Å². The van der Waals surface area contributed by atoms with E-state index >= 15 is 0 Å². The van der Waals surface area contributed by atoms with Crippen LogP contribution in [0.15, 0.2) is 23.6 Å². The summed E-state index contributed by atoms with van der Waals surface area (Å²) in [6, 6.07) is 5.14. The maximum absolute atomic E-state index is 11.2. The van der Waals surface area contributed by atoms with Gasteiger partial charge in [-0.1, -0.05) is 23.2 Å². The number of nitrogens with zero attached hydrogens (tertiary/aromatic N) is 1. The molecule has 2 aromatic rings. The molecule has 0 fully saturated rings. The molecule has 2 rings (SSSR count). The van der Waals surface area contributed by atoms with Crippen molar-refractivity contribution in [3.63, 3.8) is 0 Å². The van der Waals surface area contributed by atoms with E-state index in [0.29, 0.717) is 15.2 Å². The molecule has 4 nitrogen and oxygen atoms in total. The molecule has 1 heterocycles. The SMILES string of the molecule is COC(=O)c1csc(Nc2ccc(Cl)c(Cl)c2)n1. The van der Waals surface area contributed by atoms with E-state index in [4.69, 9.17) is 23.2 Å². The van der Waals surface area contributed by atoms with Crippen molar-refractivity contribution in [3.8, 4) is 0 Å². The lowest BCUT2D eigenvalue weighted by atomic mass is 10.3. The molecule has 94 valence electrons. The molecule has 0 amide bonds. The number of hydrogen-bond acceptors (Lipinski definition) is 5. The van der Waals surface area contributed by atoms with E-state index in [9.17, 15) is 4.79 Å². The summed E-state index contributed by atoms with van der Waals surface area (Å²) in [5, 5.41) is 6.16. The van der Waals surface area contributed by atoms with Crippen molar-refractivity contribution in [3.05, 3.63) is 39.3 Å². The Morgan fingerprint density at radius 3 is 2.83 bits per heavy atom. The normalized spacial score (nSPS) is 10.2. The highest BCUT2D eigenvalue weighted by atomic mass is 35.5. The molecule has 1 aromatic carbocycles. The van der Waals surface area contributed by atoms with Crippen molar-refractivity contribution < 1.29 is 9.53 Å². The van der Waals surface area contributed by atoms with Crippen LogP contribution in [0.25, 0.3) is 0 Å². The van der Waals surface area contributed by atoms with Crippen LogP contribution in [0.1, 0.15) is 10.5 Å². The van der Waals surface area contributed by atoms with Gasteiger partial charge in [0, 0.05) is 11.1 Å². The standard InChI is InChI=1S/C11H8Cl2N2O2S/c1-17-10(16)9-5-18-11(15-9)14-6-2-3-7(12)8(13)4-6/h2-5H,1H3,(H,14,15). The van der Waals surface area contributed by atoms with Crippen LogP contribution >= 0.6 is 34.5 Å². The number of benzene rings is 1. The number of thiazole rings is 1. The first kappa shape index (κ1) is 13.1. The van der Waals surface area contributed by atoms with Crippen LogP contribution < -0.4 is 5.32 Å². The number of carbonyl (C=O) groups is 1. The molecule has 0 radical (unpaired) electrons. The number of rotatable bonds is 3. The fourth-order valence-electron chi connectivity index (χ4n) is 1.23. The first-order chi connectivity index (χ1) is 8.60. The smallest absolute Gasteiger partial charge is 0.357 e. The molecule has 0 aliphatic rings. The van der Waals surface area contributed by atoms with E-state index in [1.807, 2.05) is 0 Å². The van der Waals surface area contributed by atoms with Crippen LogP contribution in [0.2, 0.25) is 10.0 Å². The maximum Gasteiger partial charge on any atom is 0.357 e. The molecular formula is C11H8Cl2N2O2S. The number of carbonyl (C=O) groups excluding carboxylic acids is 1. The molecule has 0 saturated carbocycles.